The zero-order valence-corrected chi connectivity index (χ0v) is 46.0. The number of hydrogen-bond acceptors (Lipinski definition) is 15. The number of guanidine groups is 1. The monoisotopic (exact) mass is 1140 g/mol. The van der Waals surface area contributed by atoms with E-state index in [1.54, 1.807) is 54.6 Å². The van der Waals surface area contributed by atoms with Crippen molar-refractivity contribution in [1.29, 1.82) is 0 Å². The van der Waals surface area contributed by atoms with E-state index in [0.29, 0.717) is 36.3 Å². The lowest BCUT2D eigenvalue weighted by molar-refractivity contribution is -0.139. The fourth-order valence-electron chi connectivity index (χ4n) is 8.74. The molecule has 0 unspecified atom stereocenters. The largest absolute Gasteiger partial charge is 0.494 e. The van der Waals surface area contributed by atoms with Crippen LogP contribution in [0.1, 0.15) is 88.7 Å². The van der Waals surface area contributed by atoms with E-state index >= 15 is 0 Å². The van der Waals surface area contributed by atoms with Crippen LogP contribution in [0.5, 0.6) is 5.75 Å². The first-order valence-electron chi connectivity index (χ1n) is 25.9. The predicted molar refractivity (Wildman–Crippen MR) is 296 cm³/mol. The Balaban J connectivity index is 1.76. The quantitative estimate of drug-likeness (QED) is 0.0251. The van der Waals surface area contributed by atoms with Gasteiger partial charge in [-0.05, 0) is 62.3 Å². The van der Waals surface area contributed by atoms with Crippen molar-refractivity contribution in [1.82, 2.24) is 42.1 Å². The van der Waals surface area contributed by atoms with Crippen LogP contribution in [0.15, 0.2) is 59.6 Å². The van der Waals surface area contributed by atoms with Gasteiger partial charge in [-0.25, -0.2) is 0 Å². The van der Waals surface area contributed by atoms with E-state index < -0.39 is 138 Å². The van der Waals surface area contributed by atoms with Crippen LogP contribution in [0.3, 0.4) is 0 Å². The number of ether oxygens (including phenoxy) is 1. The average molecular weight is 1140 g/mol. The number of rotatable bonds is 22. The lowest BCUT2D eigenvalue weighted by Crippen LogP contribution is -2.60. The molecular weight excluding hydrogens is 1060 g/mol. The second-order valence-corrected chi connectivity index (χ2v) is 22.1. The number of benzene rings is 2. The molecule has 1 aliphatic heterocycles. The molecule has 79 heavy (non-hydrogen) atoms. The van der Waals surface area contributed by atoms with Crippen LogP contribution >= 0.6 is 21.6 Å². The average Bonchev–Trinajstić information content (AvgIpc) is 3.40. The van der Waals surface area contributed by atoms with Gasteiger partial charge in [0.2, 0.25) is 65.0 Å². The van der Waals surface area contributed by atoms with Crippen molar-refractivity contribution in [3.8, 4) is 5.75 Å². The van der Waals surface area contributed by atoms with Crippen molar-refractivity contribution in [2.75, 3.05) is 39.0 Å². The highest BCUT2D eigenvalue weighted by atomic mass is 33.1. The first-order chi connectivity index (χ1) is 37.6. The summed E-state index contributed by atoms with van der Waals surface area (Å²) in [5.74, 6) is -9.22. The van der Waals surface area contributed by atoms with E-state index in [4.69, 9.17) is 33.4 Å². The van der Waals surface area contributed by atoms with Crippen LogP contribution in [0, 0.1) is 0 Å². The van der Waals surface area contributed by atoms with Crippen LogP contribution in [0.4, 0.5) is 0 Å². The van der Waals surface area contributed by atoms with Crippen molar-refractivity contribution in [3.63, 3.8) is 0 Å². The summed E-state index contributed by atoms with van der Waals surface area (Å²) >= 11 is 0. The van der Waals surface area contributed by atoms with Gasteiger partial charge in [0.05, 0.1) is 26.1 Å². The molecule has 1 aliphatic carbocycles. The Morgan fingerprint density at radius 2 is 1.34 bits per heavy atom. The van der Waals surface area contributed by atoms with Crippen molar-refractivity contribution in [2.24, 2.45) is 33.7 Å². The minimum Gasteiger partial charge on any atom is -0.494 e. The second-order valence-electron chi connectivity index (χ2n) is 19.2. The summed E-state index contributed by atoms with van der Waals surface area (Å²) in [4.78, 5) is 154. The minimum absolute atomic E-state index is 0.00199. The maximum atomic E-state index is 14.6. The third-order valence-electron chi connectivity index (χ3n) is 12.7. The van der Waals surface area contributed by atoms with Crippen molar-refractivity contribution in [2.45, 2.75) is 131 Å². The van der Waals surface area contributed by atoms with Crippen LogP contribution in [-0.4, -0.2) is 156 Å². The van der Waals surface area contributed by atoms with Gasteiger partial charge in [0, 0.05) is 49.8 Å². The summed E-state index contributed by atoms with van der Waals surface area (Å²) in [5.41, 5.74) is 28.4. The molecular formula is C51H74N14O12S2. The van der Waals surface area contributed by atoms with E-state index in [2.05, 4.69) is 42.2 Å². The summed E-state index contributed by atoms with van der Waals surface area (Å²) in [5, 5.41) is 18.2. The molecule has 1 saturated heterocycles. The predicted octanol–water partition coefficient (Wildman–Crippen LogP) is -2.48. The maximum Gasteiger partial charge on any atom is 0.246 e. The topological polar surface area (TPSA) is 427 Å². The smallest absolute Gasteiger partial charge is 0.246 e. The summed E-state index contributed by atoms with van der Waals surface area (Å²) in [6.45, 7) is 1.15. The molecule has 1 spiro atoms. The van der Waals surface area contributed by atoms with E-state index in [1.165, 1.54) is 17.8 Å². The Morgan fingerprint density at radius 3 is 1.95 bits per heavy atom. The SMILES string of the molecule is CCOc1ccc(C[C@H]2NC(=O)CC3(CCCCC3)SSC[C@@H](C(=O)N(C)CC(=O)N[C@@H](CCCN=C(N)N)C(=O)NCC(N)=O)NC(=O)[C@H](CC(N)=O)NC(=O)[C@H](CCC(N)=O)NC(=O)[C@H](Cc3ccccc3)NC2=O)cc1. The third-order valence-corrected chi connectivity index (χ3v) is 16.0. The second kappa shape index (κ2) is 32.3. The number of nitrogens with two attached hydrogens (primary N) is 5. The lowest BCUT2D eigenvalue weighted by Gasteiger charge is -2.36. The molecule has 1 heterocycles. The molecule has 2 aliphatic rings. The van der Waals surface area contributed by atoms with Gasteiger partial charge in [-0.3, -0.25) is 57.7 Å². The Labute approximate surface area is 465 Å². The number of carbonyl (C=O) groups is 11. The molecule has 0 aromatic heterocycles. The van der Waals surface area contributed by atoms with Gasteiger partial charge < -0.3 is 75.5 Å². The third kappa shape index (κ3) is 22.7. The highest BCUT2D eigenvalue weighted by Gasteiger charge is 2.39. The van der Waals surface area contributed by atoms with Crippen LogP contribution in [0.25, 0.3) is 0 Å². The van der Waals surface area contributed by atoms with Crippen molar-refractivity contribution < 1.29 is 57.5 Å². The van der Waals surface area contributed by atoms with E-state index in [9.17, 15) is 52.7 Å². The van der Waals surface area contributed by atoms with Gasteiger partial charge in [0.25, 0.3) is 0 Å². The molecule has 2 aromatic carbocycles. The number of aliphatic imine (C=N–C) groups is 1. The molecule has 11 amide bonds. The van der Waals surface area contributed by atoms with E-state index in [0.717, 1.165) is 35.0 Å². The molecule has 432 valence electrons. The lowest BCUT2D eigenvalue weighted by atomic mass is 9.85. The zero-order valence-electron chi connectivity index (χ0n) is 44.4. The van der Waals surface area contributed by atoms with Gasteiger partial charge in [0.1, 0.15) is 42.0 Å². The van der Waals surface area contributed by atoms with Gasteiger partial charge in [0.15, 0.2) is 5.96 Å². The molecule has 0 bridgehead atoms. The molecule has 0 radical (unpaired) electrons. The number of amides is 11. The molecule has 2 aromatic rings. The molecule has 6 atom stereocenters. The summed E-state index contributed by atoms with van der Waals surface area (Å²) in [6.07, 6.45) is 1.85. The van der Waals surface area contributed by atoms with E-state index in [1.807, 2.05) is 6.92 Å². The number of carbonyl (C=O) groups excluding carboxylic acids is 11. The van der Waals surface area contributed by atoms with E-state index in [-0.39, 0.29) is 50.4 Å². The first kappa shape index (κ1) is 63.9. The summed E-state index contributed by atoms with van der Waals surface area (Å²) < 4.78 is 4.86. The van der Waals surface area contributed by atoms with Gasteiger partial charge in [-0.2, -0.15) is 0 Å². The van der Waals surface area contributed by atoms with Crippen LogP contribution in [-0.2, 0) is 65.6 Å². The van der Waals surface area contributed by atoms with Crippen LogP contribution < -0.4 is 70.6 Å². The number of nitrogens with zero attached hydrogens (tertiary/aromatic N) is 2. The molecule has 1 saturated carbocycles. The van der Waals surface area contributed by atoms with Crippen molar-refractivity contribution in [3.05, 3.63) is 65.7 Å². The number of nitrogens with one attached hydrogen (secondary N) is 7. The Kier molecular flexibility index (Phi) is 26.1. The fourth-order valence-corrected chi connectivity index (χ4v) is 12.1. The highest BCUT2D eigenvalue weighted by Crippen LogP contribution is 2.48. The Hall–Kier alpha value is -7.62. The number of hydrogen-bond donors (Lipinski definition) is 12. The number of likely N-dealkylation sites (N-methyl/N-ethyl adjacent to an activating group) is 1. The maximum absolute atomic E-state index is 14.6. The Morgan fingerprint density at radius 1 is 0.747 bits per heavy atom. The first-order valence-corrected chi connectivity index (χ1v) is 28.2. The van der Waals surface area contributed by atoms with Gasteiger partial charge in [-0.1, -0.05) is 83.3 Å². The molecule has 28 heteroatoms. The fraction of sp³-hybridized carbons (Fsp3) is 0.529. The molecule has 2 fully saturated rings. The standard InChI is InChI=1S/C51H74N14O12S2/c1-3-77-32-16-14-31(15-17-32)24-35-46(73)62-36(23-30-11-6-4-7-12-30)47(74)61-34(18-19-39(52)66)45(72)63-37(25-40(53)67)48(75)64-38(29-78-79-51(26-42(69)60-35)20-8-5-9-21-51)49(76)65(2)28-43(70)59-33(13-10-22-57-50(55)56)44(71)58-27-41(54)68/h4,6-7,11-12,14-17,33-38H,3,5,8-10,13,18-29H2,1-2H3,(H2,52,66)(H2,53,67)(H2,54,68)(H,58,71)(H,59,70)(H,60,69)(H,61,74)(H,62,73)(H,63,72)(H,64,75)(H4,55,56,57)/t33-,34-,35+,36-,37-,38-/m0/s1. The van der Waals surface area contributed by atoms with Crippen molar-refractivity contribution >= 4 is 92.5 Å². The molecule has 17 N–H and O–H groups in total. The minimum atomic E-state index is -1.78. The normalized spacial score (nSPS) is 20.7. The van der Waals surface area contributed by atoms with Gasteiger partial charge in [-0.15, -0.1) is 0 Å². The summed E-state index contributed by atoms with van der Waals surface area (Å²) in [7, 11) is 3.72. The highest BCUT2D eigenvalue weighted by molar-refractivity contribution is 8.77. The number of primary amides is 3. The van der Waals surface area contributed by atoms with Gasteiger partial charge >= 0.3 is 0 Å². The molecule has 26 nitrogen and oxygen atoms in total. The van der Waals surface area contributed by atoms with Crippen LogP contribution in [0.2, 0.25) is 0 Å². The zero-order chi connectivity index (χ0) is 58.1. The molecule has 4 rings (SSSR count). The Bertz CT molecular complexity index is 2500. The summed E-state index contributed by atoms with van der Waals surface area (Å²) in [6, 6.07) is 6.86.